The van der Waals surface area contributed by atoms with Crippen LogP contribution in [0.4, 0.5) is 0 Å². The fraction of sp³-hybridized carbons (Fsp3) is 0.385. The normalized spacial score (nSPS) is 16.6. The predicted molar refractivity (Wildman–Crippen MR) is 70.8 cm³/mol. The number of nitrogens with two attached hydrogens (primary N) is 1. The van der Waals surface area contributed by atoms with E-state index in [2.05, 4.69) is 35.0 Å². The second kappa shape index (κ2) is 4.60. The van der Waals surface area contributed by atoms with E-state index in [0.717, 1.165) is 23.1 Å². The Bertz CT molecular complexity index is 452. The molecular weight excluding hydrogens is 266 g/mol. The van der Waals surface area contributed by atoms with Crippen LogP contribution in [-0.2, 0) is 6.42 Å². The van der Waals surface area contributed by atoms with Crippen molar-refractivity contribution in [1.82, 2.24) is 0 Å². The van der Waals surface area contributed by atoms with Crippen molar-refractivity contribution in [3.8, 4) is 5.75 Å². The molecule has 0 saturated heterocycles. The van der Waals surface area contributed by atoms with Gasteiger partial charge in [0.2, 0.25) is 0 Å². The summed E-state index contributed by atoms with van der Waals surface area (Å²) in [6, 6.07) is 2.22. The molecule has 1 aliphatic carbocycles. The summed E-state index contributed by atoms with van der Waals surface area (Å²) in [7, 11) is 1.71. The number of rotatable bonds is 2. The predicted octanol–water partition coefficient (Wildman–Crippen LogP) is 3.05. The Morgan fingerprint density at radius 1 is 1.50 bits per heavy atom. The van der Waals surface area contributed by atoms with Gasteiger partial charge in [-0.05, 0) is 58.0 Å². The highest BCUT2D eigenvalue weighted by Crippen LogP contribution is 2.43. The van der Waals surface area contributed by atoms with E-state index in [1.165, 1.54) is 22.3 Å². The molecule has 0 fully saturated rings. The minimum Gasteiger partial charge on any atom is -0.495 e. The van der Waals surface area contributed by atoms with Gasteiger partial charge in [0.25, 0.3) is 0 Å². The molecule has 0 amide bonds. The molecule has 86 valence electrons. The number of hydrogen-bond donors (Lipinski definition) is 1. The molecule has 1 aromatic carbocycles. The number of allylic oxidation sites excluding steroid dienone is 1. The molecule has 0 aromatic heterocycles. The van der Waals surface area contributed by atoms with E-state index in [1.54, 1.807) is 7.11 Å². The van der Waals surface area contributed by atoms with Gasteiger partial charge in [-0.3, -0.25) is 0 Å². The van der Waals surface area contributed by atoms with Crippen molar-refractivity contribution < 1.29 is 4.74 Å². The van der Waals surface area contributed by atoms with Gasteiger partial charge in [0.15, 0.2) is 0 Å². The molecule has 0 aliphatic heterocycles. The van der Waals surface area contributed by atoms with E-state index in [0.29, 0.717) is 6.54 Å². The van der Waals surface area contributed by atoms with Gasteiger partial charge in [-0.15, -0.1) is 0 Å². The lowest BCUT2D eigenvalue weighted by atomic mass is 10.0. The van der Waals surface area contributed by atoms with Gasteiger partial charge in [-0.1, -0.05) is 12.1 Å². The molecule has 2 rings (SSSR count). The minimum absolute atomic E-state index is 0.595. The number of benzene rings is 1. The Kier molecular flexibility index (Phi) is 3.36. The van der Waals surface area contributed by atoms with Gasteiger partial charge in [0.05, 0.1) is 11.6 Å². The average molecular weight is 282 g/mol. The average Bonchev–Trinajstić information content (AvgIpc) is 2.62. The molecule has 1 aliphatic rings. The van der Waals surface area contributed by atoms with Gasteiger partial charge in [-0.25, -0.2) is 0 Å². The van der Waals surface area contributed by atoms with Gasteiger partial charge in [0.1, 0.15) is 5.75 Å². The lowest BCUT2D eigenvalue weighted by Gasteiger charge is -2.12. The molecule has 16 heavy (non-hydrogen) atoms. The Balaban J connectivity index is 2.62. The monoisotopic (exact) mass is 281 g/mol. The molecule has 0 saturated carbocycles. The van der Waals surface area contributed by atoms with Crippen molar-refractivity contribution in [2.45, 2.75) is 19.8 Å². The summed E-state index contributed by atoms with van der Waals surface area (Å²) >= 11 is 3.65. The molecular formula is C13H16BrNO. The van der Waals surface area contributed by atoms with Crippen LogP contribution in [0.5, 0.6) is 5.75 Å². The Morgan fingerprint density at radius 2 is 2.25 bits per heavy atom. The first-order valence-electron chi connectivity index (χ1n) is 5.44. The third-order valence-electron chi connectivity index (χ3n) is 3.04. The van der Waals surface area contributed by atoms with Crippen molar-refractivity contribution in [3.63, 3.8) is 0 Å². The smallest absolute Gasteiger partial charge is 0.136 e. The van der Waals surface area contributed by atoms with Crippen LogP contribution in [-0.4, -0.2) is 13.7 Å². The van der Waals surface area contributed by atoms with E-state index >= 15 is 0 Å². The number of methoxy groups -OCH3 is 1. The maximum Gasteiger partial charge on any atom is 0.136 e. The Labute approximate surface area is 105 Å². The molecule has 0 atom stereocenters. The zero-order valence-corrected chi connectivity index (χ0v) is 11.2. The summed E-state index contributed by atoms with van der Waals surface area (Å²) in [5.41, 5.74) is 10.8. The Hall–Kier alpha value is -0.800. The van der Waals surface area contributed by atoms with E-state index in [4.69, 9.17) is 10.5 Å². The van der Waals surface area contributed by atoms with Crippen LogP contribution in [0.25, 0.3) is 5.57 Å². The van der Waals surface area contributed by atoms with Gasteiger partial charge in [-0.2, -0.15) is 0 Å². The molecule has 1 aromatic rings. The SMILES string of the molecule is COc1c(C)cc2c(c1Br)C(=CCN)CC2. The van der Waals surface area contributed by atoms with E-state index in [-0.39, 0.29) is 0 Å². The fourth-order valence-corrected chi connectivity index (χ4v) is 3.35. The zero-order chi connectivity index (χ0) is 11.7. The quantitative estimate of drug-likeness (QED) is 0.904. The molecule has 0 radical (unpaired) electrons. The largest absolute Gasteiger partial charge is 0.495 e. The van der Waals surface area contributed by atoms with E-state index < -0.39 is 0 Å². The van der Waals surface area contributed by atoms with Crippen molar-refractivity contribution in [3.05, 3.63) is 33.3 Å². The summed E-state index contributed by atoms with van der Waals surface area (Å²) in [4.78, 5) is 0. The summed E-state index contributed by atoms with van der Waals surface area (Å²) in [6.45, 7) is 2.67. The van der Waals surface area contributed by atoms with Crippen LogP contribution in [0.1, 0.15) is 23.1 Å². The van der Waals surface area contributed by atoms with Crippen LogP contribution in [0.3, 0.4) is 0 Å². The van der Waals surface area contributed by atoms with Crippen molar-refractivity contribution >= 4 is 21.5 Å². The lowest BCUT2D eigenvalue weighted by molar-refractivity contribution is 0.409. The van der Waals surface area contributed by atoms with Crippen LogP contribution in [0.2, 0.25) is 0 Å². The highest BCUT2D eigenvalue weighted by molar-refractivity contribution is 9.10. The number of ether oxygens (including phenoxy) is 1. The van der Waals surface area contributed by atoms with E-state index in [1.807, 2.05) is 0 Å². The van der Waals surface area contributed by atoms with Gasteiger partial charge >= 0.3 is 0 Å². The number of fused-ring (bicyclic) bond motifs is 1. The van der Waals surface area contributed by atoms with Crippen molar-refractivity contribution in [1.29, 1.82) is 0 Å². The highest BCUT2D eigenvalue weighted by Gasteiger charge is 2.22. The van der Waals surface area contributed by atoms with Gasteiger partial charge in [0, 0.05) is 6.54 Å². The second-order valence-electron chi connectivity index (χ2n) is 4.04. The maximum absolute atomic E-state index is 5.59. The molecule has 0 heterocycles. The summed E-state index contributed by atoms with van der Waals surface area (Å²) < 4.78 is 6.49. The van der Waals surface area contributed by atoms with Crippen molar-refractivity contribution in [2.24, 2.45) is 5.73 Å². The summed E-state index contributed by atoms with van der Waals surface area (Å²) in [6.07, 6.45) is 4.29. The third-order valence-corrected chi connectivity index (χ3v) is 3.80. The fourth-order valence-electron chi connectivity index (χ4n) is 2.36. The topological polar surface area (TPSA) is 35.2 Å². The number of halogens is 1. The minimum atomic E-state index is 0.595. The Morgan fingerprint density at radius 3 is 2.88 bits per heavy atom. The zero-order valence-electron chi connectivity index (χ0n) is 9.64. The van der Waals surface area contributed by atoms with Crippen LogP contribution < -0.4 is 10.5 Å². The molecule has 3 heteroatoms. The highest BCUT2D eigenvalue weighted by atomic mass is 79.9. The first-order chi connectivity index (χ1) is 7.69. The number of aryl methyl sites for hydroxylation is 2. The molecule has 0 bridgehead atoms. The van der Waals surface area contributed by atoms with Gasteiger partial charge < -0.3 is 10.5 Å². The second-order valence-corrected chi connectivity index (χ2v) is 4.83. The van der Waals surface area contributed by atoms with Crippen LogP contribution in [0, 0.1) is 6.92 Å². The first kappa shape index (κ1) is 11.7. The van der Waals surface area contributed by atoms with Crippen LogP contribution in [0.15, 0.2) is 16.6 Å². The summed E-state index contributed by atoms with van der Waals surface area (Å²) in [5, 5.41) is 0. The molecule has 2 nitrogen and oxygen atoms in total. The third kappa shape index (κ3) is 1.78. The van der Waals surface area contributed by atoms with E-state index in [9.17, 15) is 0 Å². The molecule has 2 N–H and O–H groups in total. The first-order valence-corrected chi connectivity index (χ1v) is 6.23. The van der Waals surface area contributed by atoms with Crippen molar-refractivity contribution in [2.75, 3.05) is 13.7 Å². The van der Waals surface area contributed by atoms with Crippen LogP contribution >= 0.6 is 15.9 Å². The number of hydrogen-bond acceptors (Lipinski definition) is 2. The summed E-state index contributed by atoms with van der Waals surface area (Å²) in [5.74, 6) is 0.934. The molecule has 0 spiro atoms. The molecule has 0 unspecified atom stereocenters. The standard InChI is InChI=1S/C13H16BrNO/c1-8-7-10-4-3-9(5-6-15)11(10)12(14)13(8)16-2/h5,7H,3-4,6,15H2,1-2H3. The maximum atomic E-state index is 5.59. The lowest BCUT2D eigenvalue weighted by Crippen LogP contribution is -1.96.